The monoisotopic (exact) mass is 445 g/mol. The van der Waals surface area contributed by atoms with Gasteiger partial charge >= 0.3 is 5.97 Å². The van der Waals surface area contributed by atoms with Crippen LogP contribution in [0.25, 0.3) is 0 Å². The first-order chi connectivity index (χ1) is 11.4. The van der Waals surface area contributed by atoms with Gasteiger partial charge in [-0.15, -0.1) is 0 Å². The summed E-state index contributed by atoms with van der Waals surface area (Å²) in [6, 6.07) is 9.01. The average Bonchev–Trinajstić information content (AvgIpc) is 2.55. The van der Waals surface area contributed by atoms with Crippen LogP contribution in [-0.4, -0.2) is 25.0 Å². The van der Waals surface area contributed by atoms with Crippen LogP contribution in [0.3, 0.4) is 0 Å². The van der Waals surface area contributed by atoms with Gasteiger partial charge in [-0.2, -0.15) is 0 Å². The fourth-order valence-electron chi connectivity index (χ4n) is 2.10. The lowest BCUT2D eigenvalue weighted by Gasteiger charge is -2.17. The van der Waals surface area contributed by atoms with Crippen LogP contribution < -0.4 is 5.32 Å². The van der Waals surface area contributed by atoms with Crippen molar-refractivity contribution in [3.8, 4) is 0 Å². The molecule has 24 heavy (non-hydrogen) atoms. The van der Waals surface area contributed by atoms with Gasteiger partial charge in [0.05, 0.1) is 12.7 Å². The minimum absolute atomic E-state index is 0.193. The molecule has 1 atom stereocenters. The number of esters is 1. The number of amides is 1. The summed E-state index contributed by atoms with van der Waals surface area (Å²) >= 11 is 2.15. The highest BCUT2D eigenvalue weighted by atomic mass is 127. The predicted octanol–water partition coefficient (Wildman–Crippen LogP) is 3.08. The topological polar surface area (TPSA) is 55.4 Å². The second kappa shape index (κ2) is 8.18. The summed E-state index contributed by atoms with van der Waals surface area (Å²) in [7, 11) is 1.20. The third-order valence-corrected chi connectivity index (χ3v) is 4.04. The molecule has 0 saturated heterocycles. The molecule has 0 bridgehead atoms. The standard InChI is InChI=1S/C17H14F2INO3/c1-24-17(23)15(8-10-2-5-12(20)6-3-10)21-16(22)13-7-4-11(18)9-14(13)19/h2-7,9,15H,8H2,1H3,(H,21,22)/t15-/m1/s1. The van der Waals surface area contributed by atoms with E-state index < -0.39 is 29.6 Å². The zero-order chi connectivity index (χ0) is 17.7. The quantitative estimate of drug-likeness (QED) is 0.569. The van der Waals surface area contributed by atoms with E-state index in [-0.39, 0.29) is 12.0 Å². The van der Waals surface area contributed by atoms with Gasteiger partial charge < -0.3 is 10.1 Å². The highest BCUT2D eigenvalue weighted by Gasteiger charge is 2.24. The Hall–Kier alpha value is -2.03. The minimum Gasteiger partial charge on any atom is -0.467 e. The molecule has 0 heterocycles. The summed E-state index contributed by atoms with van der Waals surface area (Å²) in [5.41, 5.74) is 0.471. The van der Waals surface area contributed by atoms with Gasteiger partial charge in [-0.3, -0.25) is 4.79 Å². The smallest absolute Gasteiger partial charge is 0.328 e. The van der Waals surface area contributed by atoms with Gasteiger partial charge in [-0.25, -0.2) is 13.6 Å². The van der Waals surface area contributed by atoms with Crippen LogP contribution >= 0.6 is 22.6 Å². The largest absolute Gasteiger partial charge is 0.467 e. The van der Waals surface area contributed by atoms with Crippen LogP contribution in [0.5, 0.6) is 0 Å². The molecule has 0 radical (unpaired) electrons. The van der Waals surface area contributed by atoms with Gasteiger partial charge in [0.25, 0.3) is 5.91 Å². The fraction of sp³-hybridized carbons (Fsp3) is 0.176. The predicted molar refractivity (Wildman–Crippen MR) is 92.5 cm³/mol. The lowest BCUT2D eigenvalue weighted by molar-refractivity contribution is -0.142. The van der Waals surface area contributed by atoms with Gasteiger partial charge in [0.2, 0.25) is 0 Å². The summed E-state index contributed by atoms with van der Waals surface area (Å²) in [5, 5.41) is 2.43. The first-order valence-electron chi connectivity index (χ1n) is 6.99. The molecular formula is C17H14F2INO3. The molecule has 2 rings (SSSR count). The molecule has 7 heteroatoms. The van der Waals surface area contributed by atoms with Gasteiger partial charge in [-0.05, 0) is 52.4 Å². The molecule has 0 unspecified atom stereocenters. The van der Waals surface area contributed by atoms with E-state index in [0.29, 0.717) is 6.07 Å². The maximum absolute atomic E-state index is 13.7. The van der Waals surface area contributed by atoms with E-state index >= 15 is 0 Å². The average molecular weight is 445 g/mol. The second-order valence-electron chi connectivity index (χ2n) is 5.00. The van der Waals surface area contributed by atoms with Crippen LogP contribution in [-0.2, 0) is 16.0 Å². The van der Waals surface area contributed by atoms with Crippen LogP contribution in [0.1, 0.15) is 15.9 Å². The second-order valence-corrected chi connectivity index (χ2v) is 6.25. The molecule has 0 spiro atoms. The molecule has 0 aliphatic heterocycles. The number of methoxy groups -OCH3 is 1. The molecule has 126 valence electrons. The molecule has 4 nitrogen and oxygen atoms in total. The molecule has 0 aliphatic carbocycles. The highest BCUT2D eigenvalue weighted by molar-refractivity contribution is 14.1. The minimum atomic E-state index is -0.995. The number of carbonyl (C=O) groups is 2. The summed E-state index contributed by atoms with van der Waals surface area (Å²) in [6.07, 6.45) is 0.193. The Morgan fingerprint density at radius 3 is 2.42 bits per heavy atom. The Kier molecular flexibility index (Phi) is 6.24. The fourth-order valence-corrected chi connectivity index (χ4v) is 2.46. The zero-order valence-electron chi connectivity index (χ0n) is 12.7. The van der Waals surface area contributed by atoms with Crippen molar-refractivity contribution in [3.05, 3.63) is 68.8 Å². The summed E-state index contributed by atoms with van der Waals surface area (Å²) in [6.45, 7) is 0. The number of ether oxygens (including phenoxy) is 1. The highest BCUT2D eigenvalue weighted by Crippen LogP contribution is 2.12. The summed E-state index contributed by atoms with van der Waals surface area (Å²) in [4.78, 5) is 24.1. The molecule has 2 aromatic rings. The Bertz CT molecular complexity index is 750. The van der Waals surface area contributed by atoms with Crippen molar-refractivity contribution >= 4 is 34.5 Å². The number of benzene rings is 2. The molecule has 0 fully saturated rings. The van der Waals surface area contributed by atoms with Crippen molar-refractivity contribution in [3.63, 3.8) is 0 Å². The van der Waals surface area contributed by atoms with Gasteiger partial charge in [0.1, 0.15) is 17.7 Å². The van der Waals surface area contributed by atoms with Crippen molar-refractivity contribution in [2.75, 3.05) is 7.11 Å². The first kappa shape index (κ1) is 18.3. The molecule has 0 aromatic heterocycles. The Morgan fingerprint density at radius 1 is 1.17 bits per heavy atom. The Labute approximate surface area is 151 Å². The van der Waals surface area contributed by atoms with Crippen molar-refractivity contribution < 1.29 is 23.1 Å². The Morgan fingerprint density at radius 2 is 1.83 bits per heavy atom. The van der Waals surface area contributed by atoms with E-state index in [2.05, 4.69) is 32.6 Å². The molecule has 0 saturated carbocycles. The number of rotatable bonds is 5. The van der Waals surface area contributed by atoms with E-state index in [9.17, 15) is 18.4 Å². The van der Waals surface area contributed by atoms with Crippen molar-refractivity contribution in [1.82, 2.24) is 5.32 Å². The molecule has 1 amide bonds. The first-order valence-corrected chi connectivity index (χ1v) is 8.06. The lowest BCUT2D eigenvalue weighted by Crippen LogP contribution is -2.43. The van der Waals surface area contributed by atoms with Crippen LogP contribution in [0.2, 0.25) is 0 Å². The number of hydrogen-bond acceptors (Lipinski definition) is 3. The SMILES string of the molecule is COC(=O)[C@@H](Cc1ccc(I)cc1)NC(=O)c1ccc(F)cc1F. The zero-order valence-corrected chi connectivity index (χ0v) is 14.8. The van der Waals surface area contributed by atoms with E-state index in [0.717, 1.165) is 21.3 Å². The van der Waals surface area contributed by atoms with Crippen LogP contribution in [0.15, 0.2) is 42.5 Å². The summed E-state index contributed by atoms with van der Waals surface area (Å²) < 4.78 is 32.3. The number of carbonyl (C=O) groups excluding carboxylic acids is 2. The molecule has 1 N–H and O–H groups in total. The molecule has 0 aliphatic rings. The number of halogens is 3. The van der Waals surface area contributed by atoms with Crippen LogP contribution in [0.4, 0.5) is 8.78 Å². The van der Waals surface area contributed by atoms with E-state index in [1.54, 1.807) is 0 Å². The number of hydrogen-bond donors (Lipinski definition) is 1. The lowest BCUT2D eigenvalue weighted by atomic mass is 10.1. The number of nitrogens with one attached hydrogen (secondary N) is 1. The van der Waals surface area contributed by atoms with E-state index in [1.165, 1.54) is 7.11 Å². The van der Waals surface area contributed by atoms with Crippen molar-refractivity contribution in [2.45, 2.75) is 12.5 Å². The molecule has 2 aromatic carbocycles. The maximum Gasteiger partial charge on any atom is 0.328 e. The van der Waals surface area contributed by atoms with Gasteiger partial charge in [0, 0.05) is 16.1 Å². The third kappa shape index (κ3) is 4.73. The molecular weight excluding hydrogens is 431 g/mol. The van der Waals surface area contributed by atoms with Crippen molar-refractivity contribution in [1.29, 1.82) is 0 Å². The van der Waals surface area contributed by atoms with E-state index in [1.807, 2.05) is 24.3 Å². The van der Waals surface area contributed by atoms with Crippen molar-refractivity contribution in [2.24, 2.45) is 0 Å². The normalized spacial score (nSPS) is 11.7. The Balaban J connectivity index is 2.17. The summed E-state index contributed by atoms with van der Waals surface area (Å²) in [5.74, 6) is -3.24. The van der Waals surface area contributed by atoms with Gasteiger partial charge in [-0.1, -0.05) is 12.1 Å². The van der Waals surface area contributed by atoms with Gasteiger partial charge in [0.15, 0.2) is 0 Å². The van der Waals surface area contributed by atoms with Crippen LogP contribution in [0, 0.1) is 15.2 Å². The van der Waals surface area contributed by atoms with E-state index in [4.69, 9.17) is 0 Å². The maximum atomic E-state index is 13.7. The third-order valence-electron chi connectivity index (χ3n) is 3.32.